The predicted molar refractivity (Wildman–Crippen MR) is 102 cm³/mol. The molecule has 0 saturated heterocycles. The zero-order valence-electron chi connectivity index (χ0n) is 14.0. The summed E-state index contributed by atoms with van der Waals surface area (Å²) in [6, 6.07) is 10.3. The third-order valence-electron chi connectivity index (χ3n) is 4.33. The molecule has 0 radical (unpaired) electrons. The van der Waals surface area contributed by atoms with Crippen LogP contribution in [0.15, 0.2) is 42.6 Å². The number of carbonyl (C=O) groups excluding carboxylic acids is 1. The SMILES string of the molecule is O=C(N[C@H]1CCC[C@@](O)(C#Cc2cccc(Cl)c2)C1)c1cccnc1Cl. The highest BCUT2D eigenvalue weighted by Crippen LogP contribution is 2.28. The van der Waals surface area contributed by atoms with Gasteiger partial charge in [0.1, 0.15) is 10.8 Å². The van der Waals surface area contributed by atoms with Crippen molar-refractivity contribution in [2.75, 3.05) is 0 Å². The zero-order chi connectivity index (χ0) is 18.6. The van der Waals surface area contributed by atoms with E-state index in [1.54, 1.807) is 24.3 Å². The van der Waals surface area contributed by atoms with E-state index in [0.717, 1.165) is 18.4 Å². The third-order valence-corrected chi connectivity index (χ3v) is 4.87. The van der Waals surface area contributed by atoms with Crippen LogP contribution in [0.4, 0.5) is 0 Å². The summed E-state index contributed by atoms with van der Waals surface area (Å²) in [5, 5.41) is 14.5. The molecule has 1 aromatic carbocycles. The van der Waals surface area contributed by atoms with Gasteiger partial charge in [-0.15, -0.1) is 0 Å². The van der Waals surface area contributed by atoms with Crippen LogP contribution in [0.2, 0.25) is 10.2 Å². The summed E-state index contributed by atoms with van der Waals surface area (Å²) in [5.74, 6) is 5.64. The quantitative estimate of drug-likeness (QED) is 0.606. The predicted octanol–water partition coefficient (Wildman–Crippen LogP) is 3.84. The molecular weight excluding hydrogens is 371 g/mol. The van der Waals surface area contributed by atoms with Gasteiger partial charge >= 0.3 is 0 Å². The fourth-order valence-corrected chi connectivity index (χ4v) is 3.46. The van der Waals surface area contributed by atoms with Crippen LogP contribution in [0.3, 0.4) is 0 Å². The maximum atomic E-state index is 12.4. The standard InChI is InChI=1S/C20H18Cl2N2O2/c21-15-5-1-4-14(12-15)8-10-20(26)9-2-6-16(13-20)24-19(25)17-7-3-11-23-18(17)22/h1,3-5,7,11-12,16,26H,2,6,9,13H2,(H,24,25)/t16-,20+/m0/s1. The van der Waals surface area contributed by atoms with E-state index in [0.29, 0.717) is 23.4 Å². The molecule has 6 heteroatoms. The second kappa shape index (κ2) is 8.09. The Labute approximate surface area is 162 Å². The summed E-state index contributed by atoms with van der Waals surface area (Å²) < 4.78 is 0. The van der Waals surface area contributed by atoms with E-state index in [1.807, 2.05) is 12.1 Å². The number of hydrogen-bond acceptors (Lipinski definition) is 3. The topological polar surface area (TPSA) is 62.2 Å². The van der Waals surface area contributed by atoms with Gasteiger partial charge in [-0.1, -0.05) is 41.1 Å². The minimum Gasteiger partial charge on any atom is -0.378 e. The number of amides is 1. The summed E-state index contributed by atoms with van der Waals surface area (Å²) >= 11 is 11.9. The number of aliphatic hydroxyl groups is 1. The first-order chi connectivity index (χ1) is 12.5. The van der Waals surface area contributed by atoms with Crippen molar-refractivity contribution in [2.24, 2.45) is 0 Å². The van der Waals surface area contributed by atoms with E-state index in [1.165, 1.54) is 6.20 Å². The first kappa shape index (κ1) is 18.7. The Bertz CT molecular complexity index is 875. The van der Waals surface area contributed by atoms with E-state index in [2.05, 4.69) is 22.1 Å². The molecule has 0 spiro atoms. The highest BCUT2D eigenvalue weighted by molar-refractivity contribution is 6.32. The molecule has 0 aliphatic heterocycles. The van der Waals surface area contributed by atoms with Crippen LogP contribution in [-0.2, 0) is 0 Å². The van der Waals surface area contributed by atoms with Gasteiger partial charge in [-0.05, 0) is 49.6 Å². The van der Waals surface area contributed by atoms with E-state index >= 15 is 0 Å². The number of nitrogens with one attached hydrogen (secondary N) is 1. The molecule has 134 valence electrons. The van der Waals surface area contributed by atoms with Gasteiger partial charge < -0.3 is 10.4 Å². The summed E-state index contributed by atoms with van der Waals surface area (Å²) in [6.45, 7) is 0. The fraction of sp³-hybridized carbons (Fsp3) is 0.300. The Kier molecular flexibility index (Phi) is 5.83. The molecule has 1 saturated carbocycles. The molecule has 2 atom stereocenters. The van der Waals surface area contributed by atoms with Gasteiger partial charge in [0.25, 0.3) is 5.91 Å². The molecule has 2 N–H and O–H groups in total. The highest BCUT2D eigenvalue weighted by atomic mass is 35.5. The van der Waals surface area contributed by atoms with E-state index in [4.69, 9.17) is 23.2 Å². The number of carbonyl (C=O) groups is 1. The minimum absolute atomic E-state index is 0.164. The lowest BCUT2D eigenvalue weighted by molar-refractivity contribution is 0.0452. The molecule has 26 heavy (non-hydrogen) atoms. The minimum atomic E-state index is -1.14. The summed E-state index contributed by atoms with van der Waals surface area (Å²) in [4.78, 5) is 16.3. The second-order valence-electron chi connectivity index (χ2n) is 6.40. The first-order valence-electron chi connectivity index (χ1n) is 8.38. The fourth-order valence-electron chi connectivity index (χ4n) is 3.06. The molecule has 1 fully saturated rings. The Morgan fingerprint density at radius 1 is 1.31 bits per heavy atom. The summed E-state index contributed by atoms with van der Waals surface area (Å²) in [5.41, 5.74) is -0.0652. The Balaban J connectivity index is 1.69. The van der Waals surface area contributed by atoms with Crippen LogP contribution in [0.1, 0.15) is 41.6 Å². The molecule has 1 heterocycles. The maximum absolute atomic E-state index is 12.4. The number of halogens is 2. The van der Waals surface area contributed by atoms with Gasteiger partial charge in [-0.3, -0.25) is 4.79 Å². The van der Waals surface area contributed by atoms with Crippen LogP contribution in [0.5, 0.6) is 0 Å². The van der Waals surface area contributed by atoms with Crippen molar-refractivity contribution in [2.45, 2.75) is 37.3 Å². The van der Waals surface area contributed by atoms with Crippen molar-refractivity contribution >= 4 is 29.1 Å². The van der Waals surface area contributed by atoms with Gasteiger partial charge in [-0.2, -0.15) is 0 Å². The van der Waals surface area contributed by atoms with Crippen molar-refractivity contribution in [1.29, 1.82) is 0 Å². The molecule has 1 amide bonds. The molecule has 1 aromatic heterocycles. The molecule has 3 rings (SSSR count). The zero-order valence-corrected chi connectivity index (χ0v) is 15.5. The molecule has 0 bridgehead atoms. The number of aromatic nitrogens is 1. The normalized spacial score (nSPS) is 22.2. The van der Waals surface area contributed by atoms with E-state index < -0.39 is 5.60 Å². The largest absolute Gasteiger partial charge is 0.378 e. The number of rotatable bonds is 2. The maximum Gasteiger partial charge on any atom is 0.254 e. The second-order valence-corrected chi connectivity index (χ2v) is 7.19. The number of hydrogen-bond donors (Lipinski definition) is 2. The first-order valence-corrected chi connectivity index (χ1v) is 9.13. The molecular formula is C20H18Cl2N2O2. The lowest BCUT2D eigenvalue weighted by Crippen LogP contribution is -2.45. The molecule has 2 aromatic rings. The van der Waals surface area contributed by atoms with Crippen LogP contribution < -0.4 is 5.32 Å². The van der Waals surface area contributed by atoms with Crippen LogP contribution in [0, 0.1) is 11.8 Å². The molecule has 4 nitrogen and oxygen atoms in total. The Morgan fingerprint density at radius 3 is 2.92 bits per heavy atom. The summed E-state index contributed by atoms with van der Waals surface area (Å²) in [7, 11) is 0. The van der Waals surface area contributed by atoms with Crippen molar-refractivity contribution < 1.29 is 9.90 Å². The lowest BCUT2D eigenvalue weighted by atomic mass is 9.82. The molecule has 0 unspecified atom stereocenters. The van der Waals surface area contributed by atoms with E-state index in [-0.39, 0.29) is 17.1 Å². The van der Waals surface area contributed by atoms with Gasteiger partial charge in [0.2, 0.25) is 0 Å². The monoisotopic (exact) mass is 388 g/mol. The van der Waals surface area contributed by atoms with Gasteiger partial charge in [0.15, 0.2) is 0 Å². The molecule has 1 aliphatic rings. The smallest absolute Gasteiger partial charge is 0.254 e. The van der Waals surface area contributed by atoms with Gasteiger partial charge in [0, 0.05) is 29.2 Å². The highest BCUT2D eigenvalue weighted by Gasteiger charge is 2.33. The van der Waals surface area contributed by atoms with Crippen molar-refractivity contribution in [3.8, 4) is 11.8 Å². The van der Waals surface area contributed by atoms with Crippen LogP contribution >= 0.6 is 23.2 Å². The molecule has 1 aliphatic carbocycles. The van der Waals surface area contributed by atoms with Crippen molar-refractivity contribution in [3.63, 3.8) is 0 Å². The van der Waals surface area contributed by atoms with Gasteiger partial charge in [-0.25, -0.2) is 4.98 Å². The number of nitrogens with zero attached hydrogens (tertiary/aromatic N) is 1. The van der Waals surface area contributed by atoms with Crippen LogP contribution in [0.25, 0.3) is 0 Å². The average Bonchev–Trinajstić information content (AvgIpc) is 2.61. The third kappa shape index (κ3) is 4.76. The van der Waals surface area contributed by atoms with E-state index in [9.17, 15) is 9.90 Å². The number of pyridine rings is 1. The average molecular weight is 389 g/mol. The van der Waals surface area contributed by atoms with Crippen molar-refractivity contribution in [3.05, 3.63) is 63.9 Å². The number of benzene rings is 1. The van der Waals surface area contributed by atoms with Gasteiger partial charge in [0.05, 0.1) is 5.56 Å². The Hall–Kier alpha value is -2.06. The Morgan fingerprint density at radius 2 is 2.15 bits per heavy atom. The van der Waals surface area contributed by atoms with Crippen LogP contribution in [-0.4, -0.2) is 27.6 Å². The summed E-state index contributed by atoms with van der Waals surface area (Å²) in [6.07, 6.45) is 4.02. The van der Waals surface area contributed by atoms with Crippen molar-refractivity contribution in [1.82, 2.24) is 10.3 Å². The lowest BCUT2D eigenvalue weighted by Gasteiger charge is -2.33.